The second-order valence-corrected chi connectivity index (χ2v) is 8.91. The quantitative estimate of drug-likeness (QED) is 0.530. The van der Waals surface area contributed by atoms with Crippen molar-refractivity contribution >= 4 is 28.7 Å². The van der Waals surface area contributed by atoms with Crippen LogP contribution in [-0.2, 0) is 11.3 Å². The number of amides is 1. The second-order valence-electron chi connectivity index (χ2n) is 7.85. The lowest BCUT2D eigenvalue weighted by atomic mass is 9.95. The number of hydrogen-bond donors (Lipinski definition) is 0. The predicted molar refractivity (Wildman–Crippen MR) is 115 cm³/mol. The average molecular weight is 431 g/mol. The first-order chi connectivity index (χ1) is 14.5. The number of nitro groups is 1. The molecule has 2 aromatic rings. The van der Waals surface area contributed by atoms with Crippen LogP contribution in [0.3, 0.4) is 0 Å². The number of nitrogens with zero attached hydrogens (tertiary/aromatic N) is 6. The molecule has 10 heteroatoms. The predicted octanol–water partition coefficient (Wildman–Crippen LogP) is 2.32. The molecule has 1 amide bonds. The number of rotatable bonds is 5. The monoisotopic (exact) mass is 430 g/mol. The first-order valence-electron chi connectivity index (χ1n) is 10.3. The fourth-order valence-corrected chi connectivity index (χ4v) is 4.74. The Balaban J connectivity index is 1.24. The van der Waals surface area contributed by atoms with Gasteiger partial charge in [-0.2, -0.15) is 0 Å². The van der Waals surface area contributed by atoms with Crippen molar-refractivity contribution in [2.75, 3.05) is 44.2 Å². The van der Waals surface area contributed by atoms with Crippen LogP contribution in [0.5, 0.6) is 0 Å². The number of piperazine rings is 1. The van der Waals surface area contributed by atoms with Gasteiger partial charge in [-0.3, -0.25) is 19.8 Å². The zero-order chi connectivity index (χ0) is 21.1. The molecule has 0 saturated carbocycles. The van der Waals surface area contributed by atoms with E-state index in [1.807, 2.05) is 11.8 Å². The maximum Gasteiger partial charge on any atom is 0.287 e. The van der Waals surface area contributed by atoms with Gasteiger partial charge in [-0.15, -0.1) is 11.3 Å². The minimum absolute atomic E-state index is 0.0104. The van der Waals surface area contributed by atoms with E-state index >= 15 is 0 Å². The van der Waals surface area contributed by atoms with Gasteiger partial charge < -0.3 is 9.80 Å². The van der Waals surface area contributed by atoms with Crippen LogP contribution in [-0.4, -0.2) is 69.9 Å². The largest absolute Gasteiger partial charge is 0.353 e. The van der Waals surface area contributed by atoms with Crippen molar-refractivity contribution in [3.8, 4) is 0 Å². The molecule has 0 spiro atoms. The number of thiazole rings is 1. The van der Waals surface area contributed by atoms with Gasteiger partial charge in [-0.25, -0.2) is 9.97 Å². The molecule has 4 heterocycles. The Kier molecular flexibility index (Phi) is 6.24. The lowest BCUT2D eigenvalue weighted by Gasteiger charge is -2.38. The lowest BCUT2D eigenvalue weighted by Crippen LogP contribution is -2.51. The molecule has 2 aromatic heterocycles. The number of carbonyl (C=O) groups excluding carboxylic acids is 1. The molecule has 0 aromatic carbocycles. The van der Waals surface area contributed by atoms with Gasteiger partial charge in [0.05, 0.1) is 15.6 Å². The highest BCUT2D eigenvalue weighted by Crippen LogP contribution is 2.23. The molecule has 9 nitrogen and oxygen atoms in total. The number of aryl methyl sites for hydroxylation is 1. The van der Waals surface area contributed by atoms with E-state index in [0.29, 0.717) is 26.2 Å². The van der Waals surface area contributed by atoms with E-state index in [1.54, 1.807) is 17.4 Å². The summed E-state index contributed by atoms with van der Waals surface area (Å²) in [5, 5.41) is 14.0. The SMILES string of the molecule is Cc1nc(CN2CCC(C(=O)N3CCN(c4ccc([N+](=O)[O-])cn4)CC3)CC2)cs1. The molecule has 30 heavy (non-hydrogen) atoms. The Bertz CT molecular complexity index is 886. The van der Waals surface area contributed by atoms with Gasteiger partial charge in [-0.1, -0.05) is 0 Å². The highest BCUT2D eigenvalue weighted by atomic mass is 32.1. The van der Waals surface area contributed by atoms with Crippen LogP contribution >= 0.6 is 11.3 Å². The van der Waals surface area contributed by atoms with E-state index in [2.05, 4.69) is 25.1 Å². The Morgan fingerprint density at radius 3 is 2.50 bits per heavy atom. The van der Waals surface area contributed by atoms with Gasteiger partial charge >= 0.3 is 0 Å². The number of aromatic nitrogens is 2. The summed E-state index contributed by atoms with van der Waals surface area (Å²) in [6.07, 6.45) is 3.08. The summed E-state index contributed by atoms with van der Waals surface area (Å²) < 4.78 is 0. The van der Waals surface area contributed by atoms with Crippen LogP contribution in [0.4, 0.5) is 11.5 Å². The number of likely N-dealkylation sites (tertiary alicyclic amines) is 1. The summed E-state index contributed by atoms with van der Waals surface area (Å²) in [4.78, 5) is 38.5. The van der Waals surface area contributed by atoms with Gasteiger partial charge in [0, 0.05) is 50.1 Å². The fraction of sp³-hybridized carbons (Fsp3) is 0.550. The van der Waals surface area contributed by atoms with E-state index < -0.39 is 4.92 Å². The Hall–Kier alpha value is -2.59. The van der Waals surface area contributed by atoms with Crippen molar-refractivity contribution in [2.45, 2.75) is 26.3 Å². The standard InChI is InChI=1S/C20H26N6O3S/c1-15-22-17(14-30-15)13-23-6-4-16(5-7-23)20(27)25-10-8-24(9-11-25)19-3-2-18(12-21-19)26(28)29/h2-3,12,14,16H,4-11,13H2,1H3. The lowest BCUT2D eigenvalue weighted by molar-refractivity contribution is -0.385. The first-order valence-corrected chi connectivity index (χ1v) is 11.1. The summed E-state index contributed by atoms with van der Waals surface area (Å²) in [7, 11) is 0. The zero-order valence-electron chi connectivity index (χ0n) is 17.1. The molecule has 2 saturated heterocycles. The van der Waals surface area contributed by atoms with Gasteiger partial charge in [0.1, 0.15) is 12.0 Å². The van der Waals surface area contributed by atoms with Gasteiger partial charge in [-0.05, 0) is 38.9 Å². The van der Waals surface area contributed by atoms with Gasteiger partial charge in [0.2, 0.25) is 5.91 Å². The molecule has 2 aliphatic heterocycles. The minimum atomic E-state index is -0.448. The summed E-state index contributed by atoms with van der Waals surface area (Å²) in [6.45, 7) is 7.46. The molecule has 4 rings (SSSR count). The number of pyridine rings is 1. The van der Waals surface area contributed by atoms with Crippen molar-refractivity contribution in [2.24, 2.45) is 5.92 Å². The van der Waals surface area contributed by atoms with Gasteiger partial charge in [0.15, 0.2) is 0 Å². The van der Waals surface area contributed by atoms with Crippen LogP contribution in [0.1, 0.15) is 23.5 Å². The van der Waals surface area contributed by atoms with E-state index in [4.69, 9.17) is 0 Å². The molecule has 0 atom stereocenters. The van der Waals surface area contributed by atoms with Crippen LogP contribution in [0.15, 0.2) is 23.7 Å². The second kappa shape index (κ2) is 9.05. The highest BCUT2D eigenvalue weighted by molar-refractivity contribution is 7.09. The summed E-state index contributed by atoms with van der Waals surface area (Å²) in [5.41, 5.74) is 1.11. The number of hydrogen-bond acceptors (Lipinski definition) is 8. The molecule has 0 N–H and O–H groups in total. The summed E-state index contributed by atoms with van der Waals surface area (Å²) in [6, 6.07) is 3.15. The molecule has 0 aliphatic carbocycles. The molecule has 160 valence electrons. The van der Waals surface area contributed by atoms with Crippen LogP contribution in [0.25, 0.3) is 0 Å². The summed E-state index contributed by atoms with van der Waals surface area (Å²) in [5.74, 6) is 1.08. The van der Waals surface area contributed by atoms with Gasteiger partial charge in [0.25, 0.3) is 5.69 Å². The highest BCUT2D eigenvalue weighted by Gasteiger charge is 2.30. The van der Waals surface area contributed by atoms with Crippen molar-refractivity contribution < 1.29 is 9.72 Å². The van der Waals surface area contributed by atoms with E-state index in [1.165, 1.54) is 12.3 Å². The Labute approximate surface area is 179 Å². The van der Waals surface area contributed by atoms with E-state index in [-0.39, 0.29) is 17.5 Å². The van der Waals surface area contributed by atoms with Crippen molar-refractivity contribution in [3.63, 3.8) is 0 Å². The van der Waals surface area contributed by atoms with Crippen molar-refractivity contribution in [1.29, 1.82) is 0 Å². The third-order valence-electron chi connectivity index (χ3n) is 5.85. The smallest absolute Gasteiger partial charge is 0.287 e. The maximum atomic E-state index is 13.0. The topological polar surface area (TPSA) is 95.7 Å². The summed E-state index contributed by atoms with van der Waals surface area (Å²) >= 11 is 1.68. The number of piperidine rings is 1. The van der Waals surface area contributed by atoms with Crippen LogP contribution in [0, 0.1) is 23.0 Å². The van der Waals surface area contributed by atoms with Crippen molar-refractivity contribution in [3.05, 3.63) is 44.5 Å². The van der Waals surface area contributed by atoms with Crippen LogP contribution < -0.4 is 4.90 Å². The van der Waals surface area contributed by atoms with Crippen molar-refractivity contribution in [1.82, 2.24) is 19.8 Å². The number of anilines is 1. The molecule has 2 fully saturated rings. The Morgan fingerprint density at radius 2 is 1.93 bits per heavy atom. The molecular formula is C20H26N6O3S. The molecule has 0 bridgehead atoms. The van der Waals surface area contributed by atoms with Crippen LogP contribution in [0.2, 0.25) is 0 Å². The first kappa shape index (κ1) is 20.7. The molecule has 0 unspecified atom stereocenters. The molecular weight excluding hydrogens is 404 g/mol. The number of carbonyl (C=O) groups is 1. The van der Waals surface area contributed by atoms with E-state index in [0.717, 1.165) is 49.0 Å². The third-order valence-corrected chi connectivity index (χ3v) is 6.67. The third kappa shape index (κ3) is 4.76. The normalized spacial score (nSPS) is 18.6. The molecule has 0 radical (unpaired) electrons. The Morgan fingerprint density at radius 1 is 1.20 bits per heavy atom. The fourth-order valence-electron chi connectivity index (χ4n) is 4.14. The zero-order valence-corrected chi connectivity index (χ0v) is 17.9. The maximum absolute atomic E-state index is 13.0. The minimum Gasteiger partial charge on any atom is -0.353 e. The average Bonchev–Trinajstić information content (AvgIpc) is 3.18. The molecule has 2 aliphatic rings. The van der Waals surface area contributed by atoms with E-state index in [9.17, 15) is 14.9 Å².